The fourth-order valence-electron chi connectivity index (χ4n) is 1.95. The van der Waals surface area contributed by atoms with Crippen molar-refractivity contribution in [1.29, 1.82) is 0 Å². The van der Waals surface area contributed by atoms with E-state index in [0.29, 0.717) is 10.8 Å². The summed E-state index contributed by atoms with van der Waals surface area (Å²) in [6.07, 6.45) is 0.280. The smallest absolute Gasteiger partial charge is 0.225 e. The van der Waals surface area contributed by atoms with Crippen molar-refractivity contribution >= 4 is 56.5 Å². The van der Waals surface area contributed by atoms with Crippen LogP contribution in [0.4, 0.5) is 10.1 Å². The minimum Gasteiger partial charge on any atom is -0.324 e. The number of carbonyl (C=O) groups excluding carboxylic acids is 1. The molecule has 7 heteroatoms. The van der Waals surface area contributed by atoms with Crippen molar-refractivity contribution in [2.24, 2.45) is 0 Å². The number of thiazole rings is 1. The Morgan fingerprint density at radius 1 is 1.30 bits per heavy atom. The quantitative estimate of drug-likeness (QED) is 0.630. The molecule has 1 aromatic heterocycles. The highest BCUT2D eigenvalue weighted by Gasteiger charge is 2.09. The average Bonchev–Trinajstić information content (AvgIpc) is 2.93. The molecule has 23 heavy (non-hydrogen) atoms. The summed E-state index contributed by atoms with van der Waals surface area (Å²) in [7, 11) is 0. The number of nitrogens with zero attached hydrogens (tertiary/aromatic N) is 1. The Morgan fingerprint density at radius 3 is 2.91 bits per heavy atom. The van der Waals surface area contributed by atoms with Gasteiger partial charge >= 0.3 is 0 Å². The van der Waals surface area contributed by atoms with E-state index in [1.54, 1.807) is 11.3 Å². The van der Waals surface area contributed by atoms with Gasteiger partial charge in [0.25, 0.3) is 0 Å². The number of halogens is 2. The van der Waals surface area contributed by atoms with Crippen molar-refractivity contribution in [1.82, 2.24) is 4.98 Å². The highest BCUT2D eigenvalue weighted by molar-refractivity contribution is 8.01. The first-order chi connectivity index (χ1) is 11.1. The summed E-state index contributed by atoms with van der Waals surface area (Å²) in [6.45, 7) is 0. The van der Waals surface area contributed by atoms with Crippen LogP contribution in [0.2, 0.25) is 5.02 Å². The number of nitrogens with one attached hydrogen (secondary N) is 1. The lowest BCUT2D eigenvalue weighted by atomic mass is 10.3. The molecule has 3 nitrogen and oxygen atoms in total. The molecule has 1 heterocycles. The van der Waals surface area contributed by atoms with Crippen LogP contribution in [0, 0.1) is 5.82 Å². The number of aromatic nitrogens is 1. The zero-order valence-electron chi connectivity index (χ0n) is 11.9. The van der Waals surface area contributed by atoms with Gasteiger partial charge in [-0.1, -0.05) is 35.5 Å². The number of benzene rings is 2. The van der Waals surface area contributed by atoms with E-state index in [4.69, 9.17) is 11.6 Å². The predicted octanol–water partition coefficient (Wildman–Crippen LogP) is 5.21. The van der Waals surface area contributed by atoms with Crippen LogP contribution in [0.3, 0.4) is 0 Å². The molecule has 1 N–H and O–H groups in total. The molecular weight excluding hydrogens is 355 g/mol. The number of para-hydroxylation sites is 1. The minimum absolute atomic E-state index is 0.143. The molecule has 0 spiro atoms. The Balaban J connectivity index is 1.52. The number of carbonyl (C=O) groups is 1. The second-order valence-corrected chi connectivity index (χ2v) is 7.53. The lowest BCUT2D eigenvalue weighted by Gasteiger charge is -2.06. The van der Waals surface area contributed by atoms with Crippen LogP contribution in [0.1, 0.15) is 6.42 Å². The molecule has 0 aliphatic rings. The average molecular weight is 367 g/mol. The molecule has 0 atom stereocenters. The molecular formula is C16H12ClFN2OS2. The normalized spacial score (nSPS) is 10.9. The number of hydrogen-bond donors (Lipinski definition) is 1. The Morgan fingerprint density at radius 2 is 2.13 bits per heavy atom. The fourth-order valence-corrected chi connectivity index (χ4v) is 4.18. The summed E-state index contributed by atoms with van der Waals surface area (Å²) in [4.78, 5) is 16.4. The van der Waals surface area contributed by atoms with Crippen LogP contribution in [-0.4, -0.2) is 16.6 Å². The van der Waals surface area contributed by atoms with Gasteiger partial charge in [-0.05, 0) is 30.3 Å². The van der Waals surface area contributed by atoms with Gasteiger partial charge in [0.1, 0.15) is 5.82 Å². The number of rotatable bonds is 5. The molecule has 0 fully saturated rings. The number of anilines is 1. The van der Waals surface area contributed by atoms with Crippen molar-refractivity contribution in [3.8, 4) is 0 Å². The third-order valence-electron chi connectivity index (χ3n) is 3.03. The van der Waals surface area contributed by atoms with E-state index in [2.05, 4.69) is 10.3 Å². The summed E-state index contributed by atoms with van der Waals surface area (Å²) < 4.78 is 15.7. The van der Waals surface area contributed by atoms with E-state index in [0.717, 1.165) is 14.6 Å². The zero-order chi connectivity index (χ0) is 16.2. The molecule has 3 aromatic rings. The third kappa shape index (κ3) is 4.22. The van der Waals surface area contributed by atoms with Gasteiger partial charge in [-0.25, -0.2) is 9.37 Å². The number of fused-ring (bicyclic) bond motifs is 1. The van der Waals surface area contributed by atoms with Gasteiger partial charge < -0.3 is 5.32 Å². The highest BCUT2D eigenvalue weighted by atomic mass is 35.5. The molecule has 2 aromatic carbocycles. The van der Waals surface area contributed by atoms with E-state index >= 15 is 0 Å². The van der Waals surface area contributed by atoms with E-state index in [9.17, 15) is 9.18 Å². The Labute approximate surface area is 145 Å². The summed E-state index contributed by atoms with van der Waals surface area (Å²) in [6, 6.07) is 12.1. The number of thioether (sulfide) groups is 1. The molecule has 3 rings (SSSR count). The second-order valence-electron chi connectivity index (χ2n) is 4.72. The maximum Gasteiger partial charge on any atom is 0.225 e. The fraction of sp³-hybridized carbons (Fsp3) is 0.125. The first-order valence-electron chi connectivity index (χ1n) is 6.85. The van der Waals surface area contributed by atoms with Crippen LogP contribution >= 0.6 is 34.7 Å². The molecule has 0 aliphatic carbocycles. The standard InChI is InChI=1S/C16H12ClFN2OS2/c17-10-5-6-12(11(18)9-10)19-15(21)7-8-22-16-20-13-3-1-2-4-14(13)23-16/h1-6,9H,7-8H2,(H,19,21). The van der Waals surface area contributed by atoms with Crippen LogP contribution in [0.15, 0.2) is 46.8 Å². The highest BCUT2D eigenvalue weighted by Crippen LogP contribution is 2.29. The first-order valence-corrected chi connectivity index (χ1v) is 9.03. The molecule has 0 aliphatic heterocycles. The second kappa shape index (κ2) is 7.29. The van der Waals surface area contributed by atoms with E-state index in [1.807, 2.05) is 24.3 Å². The molecule has 118 valence electrons. The monoisotopic (exact) mass is 366 g/mol. The lowest BCUT2D eigenvalue weighted by molar-refractivity contribution is -0.115. The number of hydrogen-bond acceptors (Lipinski definition) is 4. The lowest BCUT2D eigenvalue weighted by Crippen LogP contribution is -2.13. The van der Waals surface area contributed by atoms with Crippen LogP contribution < -0.4 is 5.32 Å². The largest absolute Gasteiger partial charge is 0.324 e. The van der Waals surface area contributed by atoms with Gasteiger partial charge in [0.05, 0.1) is 15.9 Å². The van der Waals surface area contributed by atoms with Gasteiger partial charge in [-0.15, -0.1) is 11.3 Å². The van der Waals surface area contributed by atoms with Gasteiger partial charge in [0, 0.05) is 17.2 Å². The zero-order valence-corrected chi connectivity index (χ0v) is 14.3. The summed E-state index contributed by atoms with van der Waals surface area (Å²) in [5, 5.41) is 2.85. The van der Waals surface area contributed by atoms with Crippen molar-refractivity contribution < 1.29 is 9.18 Å². The Bertz CT molecular complexity index is 820. The van der Waals surface area contributed by atoms with Crippen molar-refractivity contribution in [3.05, 3.63) is 53.3 Å². The van der Waals surface area contributed by atoms with Crippen molar-refractivity contribution in [3.63, 3.8) is 0 Å². The summed E-state index contributed by atoms with van der Waals surface area (Å²) in [5.74, 6) is -0.189. The molecule has 0 bridgehead atoms. The molecule has 0 saturated carbocycles. The molecule has 0 saturated heterocycles. The summed E-state index contributed by atoms with van der Waals surface area (Å²) in [5.41, 5.74) is 1.11. The SMILES string of the molecule is O=C(CCSc1nc2ccccc2s1)Nc1ccc(Cl)cc1F. The number of amides is 1. The Hall–Kier alpha value is -1.63. The topological polar surface area (TPSA) is 42.0 Å². The molecule has 1 amide bonds. The predicted molar refractivity (Wildman–Crippen MR) is 95.0 cm³/mol. The van der Waals surface area contributed by atoms with Gasteiger partial charge in [-0.2, -0.15) is 0 Å². The van der Waals surface area contributed by atoms with E-state index < -0.39 is 5.82 Å². The van der Waals surface area contributed by atoms with Crippen LogP contribution in [-0.2, 0) is 4.79 Å². The maximum atomic E-state index is 13.6. The first kappa shape index (κ1) is 16.2. The van der Waals surface area contributed by atoms with Gasteiger partial charge in [-0.3, -0.25) is 4.79 Å². The molecule has 0 radical (unpaired) electrons. The van der Waals surface area contributed by atoms with E-state index in [1.165, 1.54) is 30.0 Å². The Kier molecular flexibility index (Phi) is 5.15. The summed E-state index contributed by atoms with van der Waals surface area (Å²) >= 11 is 8.80. The third-order valence-corrected chi connectivity index (χ3v) is 5.45. The molecule has 0 unspecified atom stereocenters. The van der Waals surface area contributed by atoms with Crippen molar-refractivity contribution in [2.75, 3.05) is 11.1 Å². The van der Waals surface area contributed by atoms with Gasteiger partial charge in [0.15, 0.2) is 4.34 Å². The van der Waals surface area contributed by atoms with Crippen LogP contribution in [0.5, 0.6) is 0 Å². The van der Waals surface area contributed by atoms with Gasteiger partial charge in [0.2, 0.25) is 5.91 Å². The maximum absolute atomic E-state index is 13.6. The van der Waals surface area contributed by atoms with Crippen molar-refractivity contribution in [2.45, 2.75) is 10.8 Å². The minimum atomic E-state index is -0.537. The van der Waals surface area contributed by atoms with E-state index in [-0.39, 0.29) is 18.0 Å². The van der Waals surface area contributed by atoms with Crippen LogP contribution in [0.25, 0.3) is 10.2 Å².